The summed E-state index contributed by atoms with van der Waals surface area (Å²) in [5, 5.41) is 3.87. The van der Waals surface area contributed by atoms with Crippen molar-refractivity contribution in [3.8, 4) is 5.75 Å². The molecule has 2 aromatic rings. The zero-order valence-electron chi connectivity index (χ0n) is 10.1. The number of hydrogen-bond acceptors (Lipinski definition) is 3. The third-order valence-corrected chi connectivity index (χ3v) is 3.06. The van der Waals surface area contributed by atoms with E-state index in [9.17, 15) is 4.79 Å². The maximum atomic E-state index is 11.9. The highest BCUT2D eigenvalue weighted by atomic mass is 16.5. The van der Waals surface area contributed by atoms with Gasteiger partial charge in [0.15, 0.2) is 0 Å². The first kappa shape index (κ1) is 11.0. The Morgan fingerprint density at radius 2 is 2.22 bits per heavy atom. The van der Waals surface area contributed by atoms with Gasteiger partial charge in [0.25, 0.3) is 5.91 Å². The largest absolute Gasteiger partial charge is 0.497 e. The van der Waals surface area contributed by atoms with Gasteiger partial charge >= 0.3 is 0 Å². The second kappa shape index (κ2) is 4.29. The molecular formula is C14H14N2O2. The third kappa shape index (κ3) is 2.14. The van der Waals surface area contributed by atoms with Crippen LogP contribution in [-0.2, 0) is 0 Å². The van der Waals surface area contributed by atoms with E-state index < -0.39 is 0 Å². The summed E-state index contributed by atoms with van der Waals surface area (Å²) in [4.78, 5) is 16.2. The minimum atomic E-state index is -0.0466. The second-order valence-corrected chi connectivity index (χ2v) is 4.53. The van der Waals surface area contributed by atoms with Crippen molar-refractivity contribution in [1.29, 1.82) is 0 Å². The lowest BCUT2D eigenvalue weighted by Gasteiger charge is -2.05. The Hall–Kier alpha value is -2.10. The van der Waals surface area contributed by atoms with Crippen LogP contribution in [-0.4, -0.2) is 24.0 Å². The topological polar surface area (TPSA) is 51.2 Å². The van der Waals surface area contributed by atoms with E-state index in [-0.39, 0.29) is 5.91 Å². The highest BCUT2D eigenvalue weighted by molar-refractivity contribution is 5.97. The number of nitrogens with one attached hydrogen (secondary N) is 1. The van der Waals surface area contributed by atoms with Crippen LogP contribution in [0.2, 0.25) is 0 Å². The fourth-order valence-electron chi connectivity index (χ4n) is 1.86. The number of aromatic nitrogens is 1. The molecular weight excluding hydrogens is 228 g/mol. The summed E-state index contributed by atoms with van der Waals surface area (Å²) in [6.07, 6.45) is 3.79. The van der Waals surface area contributed by atoms with Crippen molar-refractivity contribution < 1.29 is 9.53 Å². The lowest BCUT2D eigenvalue weighted by atomic mass is 10.1. The lowest BCUT2D eigenvalue weighted by molar-refractivity contribution is 0.0951. The van der Waals surface area contributed by atoms with Gasteiger partial charge < -0.3 is 10.1 Å². The first-order valence-electron chi connectivity index (χ1n) is 6.01. The maximum Gasteiger partial charge on any atom is 0.253 e. The van der Waals surface area contributed by atoms with Crippen LogP contribution >= 0.6 is 0 Å². The van der Waals surface area contributed by atoms with Crippen molar-refractivity contribution in [3.05, 3.63) is 36.0 Å². The quantitative estimate of drug-likeness (QED) is 0.897. The summed E-state index contributed by atoms with van der Waals surface area (Å²) >= 11 is 0. The number of carbonyl (C=O) groups is 1. The molecule has 1 heterocycles. The molecule has 92 valence electrons. The molecule has 1 N–H and O–H groups in total. The number of rotatable bonds is 3. The van der Waals surface area contributed by atoms with Crippen molar-refractivity contribution in [2.24, 2.45) is 0 Å². The Morgan fingerprint density at radius 1 is 1.39 bits per heavy atom. The molecule has 1 aromatic heterocycles. The van der Waals surface area contributed by atoms with Gasteiger partial charge in [-0.3, -0.25) is 9.78 Å². The molecule has 1 aliphatic rings. The average molecular weight is 242 g/mol. The van der Waals surface area contributed by atoms with E-state index in [1.807, 2.05) is 24.3 Å². The van der Waals surface area contributed by atoms with E-state index in [1.54, 1.807) is 13.3 Å². The summed E-state index contributed by atoms with van der Waals surface area (Å²) in [7, 11) is 1.62. The van der Waals surface area contributed by atoms with Crippen LogP contribution in [0.15, 0.2) is 30.5 Å². The highest BCUT2D eigenvalue weighted by Gasteiger charge is 2.23. The van der Waals surface area contributed by atoms with Gasteiger partial charge in [0.1, 0.15) is 5.75 Å². The second-order valence-electron chi connectivity index (χ2n) is 4.53. The molecule has 1 fully saturated rings. The van der Waals surface area contributed by atoms with E-state index in [0.717, 1.165) is 29.5 Å². The summed E-state index contributed by atoms with van der Waals surface area (Å²) in [6, 6.07) is 7.84. The SMILES string of the molecule is COc1ccc2ncc(C(=O)NC3CC3)cc2c1. The van der Waals surface area contributed by atoms with E-state index >= 15 is 0 Å². The van der Waals surface area contributed by atoms with Crippen molar-refractivity contribution >= 4 is 16.8 Å². The Balaban J connectivity index is 1.95. The first-order valence-corrected chi connectivity index (χ1v) is 6.01. The van der Waals surface area contributed by atoms with Crippen LogP contribution in [0.5, 0.6) is 5.75 Å². The average Bonchev–Trinajstić information content (AvgIpc) is 3.21. The van der Waals surface area contributed by atoms with Gasteiger partial charge in [-0.05, 0) is 37.1 Å². The number of nitrogens with zero attached hydrogens (tertiary/aromatic N) is 1. The van der Waals surface area contributed by atoms with Gasteiger partial charge in [0.2, 0.25) is 0 Å². The minimum absolute atomic E-state index is 0.0466. The van der Waals surface area contributed by atoms with Crippen molar-refractivity contribution in [1.82, 2.24) is 10.3 Å². The molecule has 0 spiro atoms. The fraction of sp³-hybridized carbons (Fsp3) is 0.286. The van der Waals surface area contributed by atoms with Crippen LogP contribution in [0.25, 0.3) is 10.9 Å². The molecule has 1 aliphatic carbocycles. The monoisotopic (exact) mass is 242 g/mol. The zero-order valence-corrected chi connectivity index (χ0v) is 10.1. The molecule has 1 amide bonds. The Morgan fingerprint density at radius 3 is 2.94 bits per heavy atom. The molecule has 0 atom stereocenters. The number of hydrogen-bond donors (Lipinski definition) is 1. The molecule has 4 heteroatoms. The number of carbonyl (C=O) groups excluding carboxylic acids is 1. The van der Waals surface area contributed by atoms with Gasteiger partial charge in [-0.2, -0.15) is 0 Å². The molecule has 0 unspecified atom stereocenters. The van der Waals surface area contributed by atoms with Gasteiger partial charge in [-0.1, -0.05) is 0 Å². The van der Waals surface area contributed by atoms with Crippen LogP contribution < -0.4 is 10.1 Å². The predicted molar refractivity (Wildman–Crippen MR) is 68.8 cm³/mol. The van der Waals surface area contributed by atoms with Crippen LogP contribution in [0.4, 0.5) is 0 Å². The third-order valence-electron chi connectivity index (χ3n) is 3.06. The van der Waals surface area contributed by atoms with Gasteiger partial charge in [0, 0.05) is 17.6 Å². The number of ether oxygens (including phenoxy) is 1. The number of methoxy groups -OCH3 is 1. The van der Waals surface area contributed by atoms with Crippen LogP contribution in [0.1, 0.15) is 23.2 Å². The van der Waals surface area contributed by atoms with Crippen molar-refractivity contribution in [3.63, 3.8) is 0 Å². The van der Waals surface area contributed by atoms with Crippen molar-refractivity contribution in [2.75, 3.05) is 7.11 Å². The Kier molecular flexibility index (Phi) is 2.63. The van der Waals surface area contributed by atoms with Crippen LogP contribution in [0.3, 0.4) is 0 Å². The Labute approximate surface area is 105 Å². The standard InChI is InChI=1S/C14H14N2O2/c1-18-12-4-5-13-9(7-12)6-10(8-15-13)14(17)16-11-2-3-11/h4-8,11H,2-3H2,1H3,(H,16,17). The van der Waals surface area contributed by atoms with Gasteiger partial charge in [-0.25, -0.2) is 0 Å². The van der Waals surface area contributed by atoms with E-state index in [2.05, 4.69) is 10.3 Å². The molecule has 0 bridgehead atoms. The number of amides is 1. The van der Waals surface area contributed by atoms with Gasteiger partial charge in [-0.15, -0.1) is 0 Å². The highest BCUT2D eigenvalue weighted by Crippen LogP contribution is 2.22. The molecule has 0 saturated heterocycles. The summed E-state index contributed by atoms with van der Waals surface area (Å²) < 4.78 is 5.17. The predicted octanol–water partition coefficient (Wildman–Crippen LogP) is 2.14. The molecule has 1 aromatic carbocycles. The summed E-state index contributed by atoms with van der Waals surface area (Å²) in [6.45, 7) is 0. The van der Waals surface area contributed by atoms with E-state index in [1.165, 1.54) is 0 Å². The zero-order chi connectivity index (χ0) is 12.5. The lowest BCUT2D eigenvalue weighted by Crippen LogP contribution is -2.25. The summed E-state index contributed by atoms with van der Waals surface area (Å²) in [5.41, 5.74) is 1.46. The first-order chi connectivity index (χ1) is 8.76. The molecule has 0 aliphatic heterocycles. The number of fused-ring (bicyclic) bond motifs is 1. The molecule has 18 heavy (non-hydrogen) atoms. The Bertz CT molecular complexity index is 606. The molecule has 1 saturated carbocycles. The number of pyridine rings is 1. The molecule has 4 nitrogen and oxygen atoms in total. The summed E-state index contributed by atoms with van der Waals surface area (Å²) in [5.74, 6) is 0.721. The normalized spacial score (nSPS) is 14.5. The fourth-order valence-corrected chi connectivity index (χ4v) is 1.86. The van der Waals surface area contributed by atoms with Gasteiger partial charge in [0.05, 0.1) is 18.2 Å². The number of benzene rings is 1. The minimum Gasteiger partial charge on any atom is -0.497 e. The maximum absolute atomic E-state index is 11.9. The molecule has 0 radical (unpaired) electrons. The van der Waals surface area contributed by atoms with E-state index in [0.29, 0.717) is 11.6 Å². The van der Waals surface area contributed by atoms with Crippen LogP contribution in [0, 0.1) is 0 Å². The molecule has 3 rings (SSSR count). The van der Waals surface area contributed by atoms with E-state index in [4.69, 9.17) is 4.74 Å². The van der Waals surface area contributed by atoms with Crippen molar-refractivity contribution in [2.45, 2.75) is 18.9 Å². The smallest absolute Gasteiger partial charge is 0.253 e.